The second-order valence-electron chi connectivity index (χ2n) is 7.94. The summed E-state index contributed by atoms with van der Waals surface area (Å²) in [6.45, 7) is 0.820. The molecule has 0 atom stereocenters. The first-order valence-electron chi connectivity index (χ1n) is 11.1. The summed E-state index contributed by atoms with van der Waals surface area (Å²) in [7, 11) is 0. The number of guanidine groups is 1. The number of amides is 1. The van der Waals surface area contributed by atoms with Crippen LogP contribution in [0.5, 0.6) is 0 Å². The summed E-state index contributed by atoms with van der Waals surface area (Å²) in [6.07, 6.45) is 6.86. The fraction of sp³-hybridized carbons (Fsp3) is 0.476. The highest BCUT2D eigenvalue weighted by Gasteiger charge is 2.18. The molecule has 0 aliphatic heterocycles. The average molecular weight is 539 g/mol. The van der Waals surface area contributed by atoms with Crippen LogP contribution in [0.2, 0.25) is 0 Å². The minimum absolute atomic E-state index is 0.0369. The number of carbonyl (C=O) groups excluding carboxylic acids is 1. The first-order valence-corrected chi connectivity index (χ1v) is 11.9. The lowest BCUT2D eigenvalue weighted by atomic mass is 9.87. The third kappa shape index (κ3) is 7.76. The lowest BCUT2D eigenvalue weighted by Gasteiger charge is -2.20. The van der Waals surface area contributed by atoms with Crippen molar-refractivity contribution in [3.8, 4) is 0 Å². The molecule has 0 radical (unpaired) electrons. The summed E-state index contributed by atoms with van der Waals surface area (Å²) < 4.78 is 18.4. The highest BCUT2D eigenvalue weighted by Crippen LogP contribution is 2.26. The van der Waals surface area contributed by atoms with Crippen molar-refractivity contribution in [2.24, 2.45) is 21.6 Å². The predicted octanol–water partition coefficient (Wildman–Crippen LogP) is 3.23. The number of nitrogens with zero attached hydrogens (tertiary/aromatic N) is 4. The van der Waals surface area contributed by atoms with E-state index in [1.54, 1.807) is 0 Å². The fourth-order valence-electron chi connectivity index (χ4n) is 3.65. The van der Waals surface area contributed by atoms with Gasteiger partial charge in [0, 0.05) is 19.5 Å². The number of nitrogens with two attached hydrogens (primary N) is 1. The van der Waals surface area contributed by atoms with E-state index >= 15 is 0 Å². The second kappa shape index (κ2) is 13.0. The van der Waals surface area contributed by atoms with Crippen LogP contribution in [-0.2, 0) is 4.79 Å². The van der Waals surface area contributed by atoms with Crippen molar-refractivity contribution >= 4 is 45.1 Å². The Morgan fingerprint density at radius 2 is 2.09 bits per heavy atom. The highest BCUT2D eigenvalue weighted by molar-refractivity contribution is 9.10. The van der Waals surface area contributed by atoms with E-state index in [-0.39, 0.29) is 33.7 Å². The molecule has 0 saturated heterocycles. The molecule has 0 spiro atoms. The second-order valence-corrected chi connectivity index (χ2v) is 8.79. The van der Waals surface area contributed by atoms with Gasteiger partial charge >= 0.3 is 0 Å². The Morgan fingerprint density at radius 1 is 1.29 bits per heavy atom. The van der Waals surface area contributed by atoms with E-state index in [1.165, 1.54) is 37.5 Å². The molecule has 11 nitrogen and oxygen atoms in total. The van der Waals surface area contributed by atoms with Gasteiger partial charge < -0.3 is 11.1 Å². The number of hydrogen-bond donors (Lipinski definition) is 5. The zero-order valence-electron chi connectivity index (χ0n) is 18.6. The molecule has 1 fully saturated rings. The maximum Gasteiger partial charge on any atom is 0.226 e. The van der Waals surface area contributed by atoms with Crippen molar-refractivity contribution in [2.75, 3.05) is 18.4 Å². The number of halogens is 2. The first-order chi connectivity index (χ1) is 16.5. The zero-order chi connectivity index (χ0) is 24.3. The number of anilines is 1. The summed E-state index contributed by atoms with van der Waals surface area (Å²) in [6, 6.07) is 4.13. The summed E-state index contributed by atoms with van der Waals surface area (Å²) in [5, 5.41) is 22.7. The molecule has 1 aromatic heterocycles. The number of rotatable bonds is 9. The van der Waals surface area contributed by atoms with Crippen LogP contribution in [0, 0.1) is 11.7 Å². The maximum atomic E-state index is 13.4. The van der Waals surface area contributed by atoms with Gasteiger partial charge in [-0.1, -0.05) is 19.3 Å². The Kier molecular flexibility index (Phi) is 9.76. The van der Waals surface area contributed by atoms with E-state index < -0.39 is 5.82 Å². The highest BCUT2D eigenvalue weighted by atomic mass is 79.9. The minimum atomic E-state index is -0.435. The Balaban J connectivity index is 1.46. The van der Waals surface area contributed by atoms with Gasteiger partial charge in [0.2, 0.25) is 11.7 Å². The van der Waals surface area contributed by atoms with Gasteiger partial charge in [0.05, 0.1) is 10.2 Å². The van der Waals surface area contributed by atoms with Crippen LogP contribution in [0.3, 0.4) is 0 Å². The smallest absolute Gasteiger partial charge is 0.226 e. The van der Waals surface area contributed by atoms with E-state index in [0.717, 1.165) is 12.8 Å². The Bertz CT molecular complexity index is 1020. The fourth-order valence-corrected chi connectivity index (χ4v) is 4.01. The van der Waals surface area contributed by atoms with Crippen molar-refractivity contribution in [1.29, 1.82) is 0 Å². The van der Waals surface area contributed by atoms with E-state index in [2.05, 4.69) is 46.9 Å². The minimum Gasteiger partial charge on any atom is -0.370 e. The molecule has 0 unspecified atom stereocenters. The maximum absolute atomic E-state index is 13.4. The van der Waals surface area contributed by atoms with Gasteiger partial charge in [-0.15, -0.1) is 0 Å². The van der Waals surface area contributed by atoms with Gasteiger partial charge in [-0.3, -0.25) is 25.8 Å². The number of aromatic nitrogens is 2. The quantitative estimate of drug-likeness (QED) is 0.140. The van der Waals surface area contributed by atoms with Crippen LogP contribution in [-0.4, -0.2) is 46.3 Å². The van der Waals surface area contributed by atoms with Gasteiger partial charge in [0.15, 0.2) is 17.5 Å². The lowest BCUT2D eigenvalue weighted by Crippen LogP contribution is -2.38. The molecule has 0 bridgehead atoms. The molecule has 2 aromatic rings. The normalized spacial score (nSPS) is 15.3. The molecule has 13 heteroatoms. The third-order valence-electron chi connectivity index (χ3n) is 5.34. The van der Waals surface area contributed by atoms with E-state index in [4.69, 9.17) is 10.4 Å². The van der Waals surface area contributed by atoms with Gasteiger partial charge in [-0.2, -0.15) is 0 Å². The molecule has 1 aromatic carbocycles. The van der Waals surface area contributed by atoms with Crippen molar-refractivity contribution in [3.63, 3.8) is 0 Å². The molecule has 1 saturated carbocycles. The van der Waals surface area contributed by atoms with Gasteiger partial charge in [-0.05, 0) is 69.6 Å². The number of hydroxylamine groups is 1. The standard InChI is InChI=1S/C21H28BrFN8O3/c22-15-12-14(7-8-16(15)23)27-20(29-33)18-19(31-34-30-18)25-9-4-10-26-21(24)28-17(32)11-13-5-2-1-3-6-13/h7-8,12-13,33H,1-6,9-11H2,(H,25,31)(H,27,29)(H3,24,26,28,32). The SMILES string of the molecule is NC(=NCCCNc1nonc1C(=Nc1ccc(F)c(Br)c1)NO)NC(=O)CC1CCCCC1. The van der Waals surface area contributed by atoms with Crippen molar-refractivity contribution < 1.29 is 19.0 Å². The Labute approximate surface area is 204 Å². The molecular formula is C21H28BrFN8O3. The van der Waals surface area contributed by atoms with Crippen LogP contribution in [0.15, 0.2) is 37.3 Å². The average Bonchev–Trinajstić information content (AvgIpc) is 3.28. The lowest BCUT2D eigenvalue weighted by molar-refractivity contribution is -0.120. The topological polar surface area (TPSA) is 163 Å². The number of aliphatic imine (C=N–C) groups is 2. The van der Waals surface area contributed by atoms with Gasteiger partial charge in [0.25, 0.3) is 0 Å². The molecule has 1 aliphatic rings. The molecule has 1 amide bonds. The summed E-state index contributed by atoms with van der Waals surface area (Å²) in [5.41, 5.74) is 8.27. The van der Waals surface area contributed by atoms with Crippen molar-refractivity contribution in [2.45, 2.75) is 44.9 Å². The van der Waals surface area contributed by atoms with Crippen LogP contribution in [0.1, 0.15) is 50.6 Å². The van der Waals surface area contributed by atoms with Crippen molar-refractivity contribution in [3.05, 3.63) is 34.2 Å². The van der Waals surface area contributed by atoms with Crippen molar-refractivity contribution in [1.82, 2.24) is 21.1 Å². The molecule has 184 valence electrons. The zero-order valence-corrected chi connectivity index (χ0v) is 20.1. The van der Waals surface area contributed by atoms with Crippen LogP contribution in [0.25, 0.3) is 0 Å². The molecule has 6 N–H and O–H groups in total. The molecule has 1 heterocycles. The van der Waals surface area contributed by atoms with E-state index in [9.17, 15) is 14.4 Å². The van der Waals surface area contributed by atoms with Crippen LogP contribution in [0.4, 0.5) is 15.9 Å². The van der Waals surface area contributed by atoms with E-state index in [0.29, 0.717) is 37.5 Å². The summed E-state index contributed by atoms with van der Waals surface area (Å²) >= 11 is 3.09. The Hall–Kier alpha value is -3.06. The number of amidine groups is 1. The van der Waals surface area contributed by atoms with Gasteiger partial charge in [0.1, 0.15) is 5.82 Å². The number of hydrogen-bond acceptors (Lipinski definition) is 8. The Morgan fingerprint density at radius 3 is 2.82 bits per heavy atom. The molecule has 34 heavy (non-hydrogen) atoms. The molecular weight excluding hydrogens is 511 g/mol. The van der Waals surface area contributed by atoms with Crippen LogP contribution < -0.4 is 21.8 Å². The number of benzene rings is 1. The number of carbonyl (C=O) groups is 1. The molecule has 3 rings (SSSR count). The monoisotopic (exact) mass is 538 g/mol. The largest absolute Gasteiger partial charge is 0.370 e. The number of nitrogens with one attached hydrogen (secondary N) is 3. The summed E-state index contributed by atoms with van der Waals surface area (Å²) in [5.74, 6) is 0.219. The third-order valence-corrected chi connectivity index (χ3v) is 5.95. The molecule has 1 aliphatic carbocycles. The predicted molar refractivity (Wildman–Crippen MR) is 128 cm³/mol. The summed E-state index contributed by atoms with van der Waals surface area (Å²) in [4.78, 5) is 20.5. The first kappa shape index (κ1) is 25.6. The van der Waals surface area contributed by atoms with Crippen LogP contribution >= 0.6 is 15.9 Å². The van der Waals surface area contributed by atoms with E-state index in [1.807, 2.05) is 5.48 Å². The van der Waals surface area contributed by atoms with Gasteiger partial charge in [-0.25, -0.2) is 14.0 Å².